The lowest BCUT2D eigenvalue weighted by atomic mass is 10.1. The smallest absolute Gasteiger partial charge is 0.221 e. The molecule has 3 rings (SSSR count). The van der Waals surface area contributed by atoms with E-state index in [1.807, 2.05) is 55.5 Å². The fourth-order valence-corrected chi connectivity index (χ4v) is 2.72. The Hall–Kier alpha value is -2.37. The Morgan fingerprint density at radius 1 is 1.24 bits per heavy atom. The number of rotatable bonds is 6. The predicted molar refractivity (Wildman–Crippen MR) is 96.8 cm³/mol. The van der Waals surface area contributed by atoms with Gasteiger partial charge in [-0.3, -0.25) is 4.79 Å². The maximum Gasteiger partial charge on any atom is 0.221 e. The maximum absolute atomic E-state index is 12.1. The van der Waals surface area contributed by atoms with Crippen LogP contribution in [0.15, 0.2) is 48.5 Å². The van der Waals surface area contributed by atoms with Gasteiger partial charge in [0.25, 0.3) is 0 Å². The number of carbonyl (C=O) groups is 1. The Morgan fingerprint density at radius 2 is 2.04 bits per heavy atom. The van der Waals surface area contributed by atoms with Crippen LogP contribution in [-0.4, -0.2) is 31.7 Å². The first kappa shape index (κ1) is 17.5. The number of aryl methyl sites for hydroxylation is 1. The van der Waals surface area contributed by atoms with E-state index in [2.05, 4.69) is 10.6 Å². The van der Waals surface area contributed by atoms with Crippen LogP contribution in [0.25, 0.3) is 0 Å². The van der Waals surface area contributed by atoms with E-state index >= 15 is 0 Å². The van der Waals surface area contributed by atoms with Crippen molar-refractivity contribution in [3.05, 3.63) is 59.7 Å². The van der Waals surface area contributed by atoms with Crippen LogP contribution in [0.4, 0.5) is 0 Å². The van der Waals surface area contributed by atoms with Gasteiger partial charge in [-0.2, -0.15) is 0 Å². The molecule has 1 atom stereocenters. The molecule has 0 aromatic heterocycles. The van der Waals surface area contributed by atoms with Crippen molar-refractivity contribution in [2.24, 2.45) is 0 Å². The Bertz CT molecular complexity index is 694. The van der Waals surface area contributed by atoms with Crippen LogP contribution in [0.3, 0.4) is 0 Å². The summed E-state index contributed by atoms with van der Waals surface area (Å²) in [5.41, 5.74) is 2.14. The predicted octanol–water partition coefficient (Wildman–Crippen LogP) is 2.78. The van der Waals surface area contributed by atoms with E-state index in [0.717, 1.165) is 23.6 Å². The maximum atomic E-state index is 12.1. The van der Waals surface area contributed by atoms with Crippen LogP contribution in [0.1, 0.15) is 17.5 Å². The fraction of sp³-hybridized carbons (Fsp3) is 0.350. The van der Waals surface area contributed by atoms with Crippen molar-refractivity contribution in [1.29, 1.82) is 0 Å². The van der Waals surface area contributed by atoms with E-state index in [1.165, 1.54) is 5.56 Å². The van der Waals surface area contributed by atoms with E-state index in [1.54, 1.807) is 0 Å². The van der Waals surface area contributed by atoms with Crippen molar-refractivity contribution in [3.8, 4) is 11.5 Å². The second-order valence-corrected chi connectivity index (χ2v) is 6.23. The SMILES string of the molecule is Cc1ccc(Oc2ccccc2CNC(=O)CC2COCCN2)cc1. The lowest BCUT2D eigenvalue weighted by Crippen LogP contribution is -2.44. The quantitative estimate of drug-likeness (QED) is 0.849. The highest BCUT2D eigenvalue weighted by molar-refractivity contribution is 5.76. The van der Waals surface area contributed by atoms with Crippen molar-refractivity contribution in [3.63, 3.8) is 0 Å². The lowest BCUT2D eigenvalue weighted by Gasteiger charge is -2.23. The Morgan fingerprint density at radius 3 is 2.80 bits per heavy atom. The summed E-state index contributed by atoms with van der Waals surface area (Å²) in [7, 11) is 0. The average molecular weight is 340 g/mol. The zero-order valence-electron chi connectivity index (χ0n) is 14.5. The van der Waals surface area contributed by atoms with Crippen molar-refractivity contribution in [2.45, 2.75) is 25.9 Å². The number of carbonyl (C=O) groups excluding carboxylic acids is 1. The van der Waals surface area contributed by atoms with Gasteiger partial charge < -0.3 is 20.1 Å². The van der Waals surface area contributed by atoms with Gasteiger partial charge in [0.15, 0.2) is 0 Å². The zero-order valence-corrected chi connectivity index (χ0v) is 14.5. The van der Waals surface area contributed by atoms with Gasteiger partial charge >= 0.3 is 0 Å². The Labute approximate surface area is 148 Å². The molecule has 0 saturated carbocycles. The number of morpholine rings is 1. The largest absolute Gasteiger partial charge is 0.457 e. The molecule has 2 aromatic carbocycles. The standard InChI is InChI=1S/C20H24N2O3/c1-15-6-8-18(9-7-15)25-19-5-3-2-4-16(19)13-22-20(23)12-17-14-24-11-10-21-17/h2-9,17,21H,10-14H2,1H3,(H,22,23). The molecule has 132 valence electrons. The minimum Gasteiger partial charge on any atom is -0.457 e. The van der Waals surface area contributed by atoms with E-state index in [-0.39, 0.29) is 11.9 Å². The molecule has 1 aliphatic rings. The van der Waals surface area contributed by atoms with Gasteiger partial charge in [0.2, 0.25) is 5.91 Å². The first-order valence-corrected chi connectivity index (χ1v) is 8.61. The van der Waals surface area contributed by atoms with Crippen molar-refractivity contribution in [1.82, 2.24) is 10.6 Å². The van der Waals surface area contributed by atoms with Crippen molar-refractivity contribution >= 4 is 5.91 Å². The summed E-state index contributed by atoms with van der Waals surface area (Å²) in [4.78, 5) is 12.1. The first-order chi connectivity index (χ1) is 12.2. The number of benzene rings is 2. The molecular weight excluding hydrogens is 316 g/mol. The van der Waals surface area contributed by atoms with E-state index in [9.17, 15) is 4.79 Å². The summed E-state index contributed by atoms with van der Waals surface area (Å²) < 4.78 is 11.3. The first-order valence-electron chi connectivity index (χ1n) is 8.61. The molecule has 0 radical (unpaired) electrons. The molecule has 5 nitrogen and oxygen atoms in total. The minimum atomic E-state index is 0.00754. The highest BCUT2D eigenvalue weighted by Gasteiger charge is 2.17. The molecule has 0 spiro atoms. The van der Waals surface area contributed by atoms with Gasteiger partial charge in [-0.15, -0.1) is 0 Å². The molecule has 25 heavy (non-hydrogen) atoms. The van der Waals surface area contributed by atoms with Crippen LogP contribution in [-0.2, 0) is 16.1 Å². The summed E-state index contributed by atoms with van der Waals surface area (Å²) in [6.45, 7) is 4.57. The van der Waals surface area contributed by atoms with Crippen molar-refractivity contribution in [2.75, 3.05) is 19.8 Å². The van der Waals surface area contributed by atoms with Gasteiger partial charge in [0.05, 0.1) is 13.2 Å². The Balaban J connectivity index is 1.56. The van der Waals surface area contributed by atoms with Gasteiger partial charge in [-0.05, 0) is 25.1 Å². The summed E-state index contributed by atoms with van der Waals surface area (Å²) in [5.74, 6) is 1.55. The number of hydrogen-bond donors (Lipinski definition) is 2. The topological polar surface area (TPSA) is 59.6 Å². The molecule has 1 fully saturated rings. The number of para-hydroxylation sites is 1. The molecule has 1 amide bonds. The monoisotopic (exact) mass is 340 g/mol. The van der Waals surface area contributed by atoms with E-state index in [0.29, 0.717) is 26.2 Å². The second-order valence-electron chi connectivity index (χ2n) is 6.23. The van der Waals surface area contributed by atoms with Crippen molar-refractivity contribution < 1.29 is 14.3 Å². The van der Waals surface area contributed by atoms with Crippen LogP contribution < -0.4 is 15.4 Å². The van der Waals surface area contributed by atoms with Gasteiger partial charge in [-0.1, -0.05) is 35.9 Å². The highest BCUT2D eigenvalue weighted by Crippen LogP contribution is 2.25. The molecule has 1 saturated heterocycles. The number of nitrogens with one attached hydrogen (secondary N) is 2. The number of ether oxygens (including phenoxy) is 2. The van der Waals surface area contributed by atoms with Gasteiger partial charge in [0, 0.05) is 31.1 Å². The molecular formula is C20H24N2O3. The molecule has 2 N–H and O–H groups in total. The molecule has 1 heterocycles. The third kappa shape index (κ3) is 5.31. The van der Waals surface area contributed by atoms with Gasteiger partial charge in [-0.25, -0.2) is 0 Å². The number of hydrogen-bond acceptors (Lipinski definition) is 4. The fourth-order valence-electron chi connectivity index (χ4n) is 2.72. The molecule has 0 aliphatic carbocycles. The van der Waals surface area contributed by atoms with Crippen LogP contribution in [0.5, 0.6) is 11.5 Å². The molecule has 1 unspecified atom stereocenters. The highest BCUT2D eigenvalue weighted by atomic mass is 16.5. The number of amides is 1. The minimum absolute atomic E-state index is 0.00754. The zero-order chi connectivity index (χ0) is 17.5. The Kier molecular flexibility index (Phi) is 6.04. The summed E-state index contributed by atoms with van der Waals surface area (Å²) in [6, 6.07) is 15.8. The summed E-state index contributed by atoms with van der Waals surface area (Å²) in [5, 5.41) is 6.25. The molecule has 5 heteroatoms. The van der Waals surface area contributed by atoms with Crippen LogP contribution >= 0.6 is 0 Å². The summed E-state index contributed by atoms with van der Waals surface area (Å²) in [6.07, 6.45) is 0.418. The van der Waals surface area contributed by atoms with E-state index in [4.69, 9.17) is 9.47 Å². The van der Waals surface area contributed by atoms with E-state index < -0.39 is 0 Å². The molecule has 1 aliphatic heterocycles. The van der Waals surface area contributed by atoms with Crippen LogP contribution in [0, 0.1) is 6.92 Å². The average Bonchev–Trinajstić information content (AvgIpc) is 2.64. The third-order valence-electron chi connectivity index (χ3n) is 4.13. The molecule has 0 bridgehead atoms. The normalized spacial score (nSPS) is 17.1. The van der Waals surface area contributed by atoms with Crippen LogP contribution in [0.2, 0.25) is 0 Å². The lowest BCUT2D eigenvalue weighted by molar-refractivity contribution is -0.122. The van der Waals surface area contributed by atoms with Gasteiger partial charge in [0.1, 0.15) is 11.5 Å². The second kappa shape index (κ2) is 8.65. The third-order valence-corrected chi connectivity index (χ3v) is 4.13. The summed E-state index contributed by atoms with van der Waals surface area (Å²) >= 11 is 0. The molecule has 2 aromatic rings.